The molecule has 3 rings (SSSR count). The largest absolute Gasteiger partial charge is 0.375 e. The fraction of sp³-hybridized carbons (Fsp3) is 0.357. The van der Waals surface area contributed by atoms with Crippen molar-refractivity contribution in [3.63, 3.8) is 0 Å². The zero-order valence-electron chi connectivity index (χ0n) is 9.73. The minimum absolute atomic E-state index is 0.447. The van der Waals surface area contributed by atoms with Crippen LogP contribution in [0.5, 0.6) is 0 Å². The third-order valence-corrected chi connectivity index (χ3v) is 4.21. The van der Waals surface area contributed by atoms with Crippen molar-refractivity contribution >= 4 is 16.5 Å². The summed E-state index contributed by atoms with van der Waals surface area (Å²) in [5.74, 6) is 0.447. The van der Waals surface area contributed by atoms with Gasteiger partial charge in [-0.1, -0.05) is 30.7 Å². The van der Waals surface area contributed by atoms with Gasteiger partial charge in [-0.2, -0.15) is 0 Å². The lowest BCUT2D eigenvalue weighted by Crippen LogP contribution is -2.02. The minimum Gasteiger partial charge on any atom is -0.375 e. The predicted octanol–water partition coefficient (Wildman–Crippen LogP) is 3.58. The number of aromatic nitrogens is 1. The molecular weight excluding hydrogens is 228 g/mol. The van der Waals surface area contributed by atoms with E-state index in [9.17, 15) is 0 Å². The molecule has 1 heterocycles. The van der Waals surface area contributed by atoms with E-state index in [0.717, 1.165) is 5.69 Å². The molecule has 17 heavy (non-hydrogen) atoms. The van der Waals surface area contributed by atoms with Crippen molar-refractivity contribution in [1.29, 1.82) is 0 Å². The van der Waals surface area contributed by atoms with Crippen LogP contribution in [-0.2, 0) is 6.42 Å². The van der Waals surface area contributed by atoms with Crippen LogP contribution in [0.15, 0.2) is 29.6 Å². The van der Waals surface area contributed by atoms with Crippen molar-refractivity contribution in [1.82, 2.24) is 4.98 Å². The van der Waals surface area contributed by atoms with E-state index in [1.54, 1.807) is 11.3 Å². The van der Waals surface area contributed by atoms with Crippen LogP contribution in [-0.4, -0.2) is 4.98 Å². The Labute approximate surface area is 106 Å². The van der Waals surface area contributed by atoms with Crippen molar-refractivity contribution in [2.24, 2.45) is 0 Å². The number of benzene rings is 1. The molecule has 3 heteroatoms. The summed E-state index contributed by atoms with van der Waals surface area (Å²) in [6.45, 7) is 0. The molecule has 2 N–H and O–H groups in total. The number of nitrogen functional groups attached to an aromatic ring is 1. The van der Waals surface area contributed by atoms with E-state index in [-0.39, 0.29) is 0 Å². The molecule has 1 aliphatic rings. The maximum atomic E-state index is 5.75. The second-order valence-corrected chi connectivity index (χ2v) is 5.50. The van der Waals surface area contributed by atoms with Gasteiger partial charge in [0.05, 0.1) is 5.69 Å². The zero-order valence-corrected chi connectivity index (χ0v) is 10.5. The standard InChI is InChI=1S/C14H16N2S/c15-14-16-13(9-17-14)12-8-4-2-6-10-5-1-3-7-11(10)12/h1,3,5,7,9,12H,2,4,6,8H2,(H2,15,16). The van der Waals surface area contributed by atoms with Crippen LogP contribution in [0, 0.1) is 0 Å². The molecule has 0 fully saturated rings. The number of anilines is 1. The number of fused-ring (bicyclic) bond motifs is 1. The first-order chi connectivity index (χ1) is 8.34. The molecule has 1 unspecified atom stereocenters. The molecular formula is C14H16N2S. The molecule has 0 amide bonds. The summed E-state index contributed by atoms with van der Waals surface area (Å²) in [6, 6.07) is 8.77. The molecule has 88 valence electrons. The maximum Gasteiger partial charge on any atom is 0.180 e. The number of nitrogens with two attached hydrogens (primary N) is 1. The van der Waals surface area contributed by atoms with Gasteiger partial charge in [0.1, 0.15) is 0 Å². The maximum absolute atomic E-state index is 5.75. The molecule has 0 saturated heterocycles. The van der Waals surface area contributed by atoms with Crippen molar-refractivity contribution in [2.75, 3.05) is 5.73 Å². The van der Waals surface area contributed by atoms with Crippen LogP contribution in [0.25, 0.3) is 0 Å². The summed E-state index contributed by atoms with van der Waals surface area (Å²) in [5, 5.41) is 2.80. The van der Waals surface area contributed by atoms with E-state index in [4.69, 9.17) is 5.73 Å². The van der Waals surface area contributed by atoms with Crippen LogP contribution in [0.3, 0.4) is 0 Å². The summed E-state index contributed by atoms with van der Waals surface area (Å²) in [6.07, 6.45) is 4.95. The number of nitrogens with zero attached hydrogens (tertiary/aromatic N) is 1. The highest BCUT2D eigenvalue weighted by atomic mass is 32.1. The molecule has 0 bridgehead atoms. The topological polar surface area (TPSA) is 38.9 Å². The van der Waals surface area contributed by atoms with Crippen molar-refractivity contribution in [3.05, 3.63) is 46.5 Å². The average Bonchev–Trinajstić information content (AvgIpc) is 2.66. The van der Waals surface area contributed by atoms with Crippen LogP contribution in [0.1, 0.15) is 42.0 Å². The molecule has 0 aliphatic heterocycles. The number of aryl methyl sites for hydroxylation is 1. The van der Waals surface area contributed by atoms with Gasteiger partial charge in [0.2, 0.25) is 0 Å². The summed E-state index contributed by atoms with van der Waals surface area (Å²) in [5.41, 5.74) is 9.85. The van der Waals surface area contributed by atoms with E-state index in [1.165, 1.54) is 36.8 Å². The lowest BCUT2D eigenvalue weighted by molar-refractivity contribution is 0.650. The normalized spacial score (nSPS) is 19.6. The average molecular weight is 244 g/mol. The van der Waals surface area contributed by atoms with Crippen molar-refractivity contribution in [3.8, 4) is 0 Å². The Morgan fingerprint density at radius 2 is 2.12 bits per heavy atom. The van der Waals surface area contributed by atoms with Gasteiger partial charge in [-0.25, -0.2) is 4.98 Å². The van der Waals surface area contributed by atoms with Crippen molar-refractivity contribution < 1.29 is 0 Å². The van der Waals surface area contributed by atoms with Crippen LogP contribution < -0.4 is 5.73 Å². The summed E-state index contributed by atoms with van der Waals surface area (Å²) >= 11 is 1.55. The molecule has 2 aromatic rings. The third-order valence-electron chi connectivity index (χ3n) is 3.52. The Bertz CT molecular complexity index is 518. The first-order valence-electron chi connectivity index (χ1n) is 6.13. The highest BCUT2D eigenvalue weighted by molar-refractivity contribution is 7.13. The molecule has 0 saturated carbocycles. The lowest BCUT2D eigenvalue weighted by atomic mass is 9.90. The molecule has 0 radical (unpaired) electrons. The van der Waals surface area contributed by atoms with E-state index in [1.807, 2.05) is 0 Å². The van der Waals surface area contributed by atoms with Crippen LogP contribution >= 0.6 is 11.3 Å². The zero-order chi connectivity index (χ0) is 11.7. The van der Waals surface area contributed by atoms with Gasteiger partial charge in [0, 0.05) is 11.3 Å². The Balaban J connectivity index is 2.05. The minimum atomic E-state index is 0.447. The highest BCUT2D eigenvalue weighted by Gasteiger charge is 2.21. The quantitative estimate of drug-likeness (QED) is 0.779. The van der Waals surface area contributed by atoms with E-state index >= 15 is 0 Å². The number of hydrogen-bond donors (Lipinski definition) is 1. The number of thiazole rings is 1. The fourth-order valence-corrected chi connectivity index (χ4v) is 3.31. The molecule has 1 aromatic heterocycles. The highest BCUT2D eigenvalue weighted by Crippen LogP contribution is 2.36. The second kappa shape index (κ2) is 4.49. The van der Waals surface area contributed by atoms with Crippen LogP contribution in [0.4, 0.5) is 5.13 Å². The monoisotopic (exact) mass is 244 g/mol. The van der Waals surface area contributed by atoms with E-state index in [0.29, 0.717) is 11.0 Å². The van der Waals surface area contributed by atoms with Gasteiger partial charge in [0.25, 0.3) is 0 Å². The Hall–Kier alpha value is -1.35. The lowest BCUT2D eigenvalue weighted by Gasteiger charge is -2.15. The number of rotatable bonds is 1. The molecule has 1 atom stereocenters. The first kappa shape index (κ1) is 10.8. The second-order valence-electron chi connectivity index (χ2n) is 4.61. The van der Waals surface area contributed by atoms with Gasteiger partial charge in [-0.05, 0) is 30.4 Å². The summed E-state index contributed by atoms with van der Waals surface area (Å²) < 4.78 is 0. The molecule has 2 nitrogen and oxygen atoms in total. The molecule has 0 spiro atoms. The SMILES string of the molecule is Nc1nc(C2CCCCc3ccccc32)cs1. The van der Waals surface area contributed by atoms with Gasteiger partial charge in [-0.15, -0.1) is 11.3 Å². The van der Waals surface area contributed by atoms with Crippen LogP contribution in [0.2, 0.25) is 0 Å². The van der Waals surface area contributed by atoms with Gasteiger partial charge >= 0.3 is 0 Å². The summed E-state index contributed by atoms with van der Waals surface area (Å²) in [4.78, 5) is 4.47. The fourth-order valence-electron chi connectivity index (χ4n) is 2.69. The Morgan fingerprint density at radius 3 is 2.94 bits per heavy atom. The van der Waals surface area contributed by atoms with Gasteiger partial charge < -0.3 is 5.73 Å². The first-order valence-corrected chi connectivity index (χ1v) is 7.01. The van der Waals surface area contributed by atoms with Crippen molar-refractivity contribution in [2.45, 2.75) is 31.6 Å². The van der Waals surface area contributed by atoms with E-state index in [2.05, 4.69) is 34.6 Å². The Morgan fingerprint density at radius 1 is 1.24 bits per heavy atom. The third kappa shape index (κ3) is 2.07. The van der Waals surface area contributed by atoms with E-state index < -0.39 is 0 Å². The predicted molar refractivity (Wildman–Crippen MR) is 72.4 cm³/mol. The van der Waals surface area contributed by atoms with Gasteiger partial charge in [0.15, 0.2) is 5.13 Å². The summed E-state index contributed by atoms with van der Waals surface area (Å²) in [7, 11) is 0. The van der Waals surface area contributed by atoms with Gasteiger partial charge in [-0.3, -0.25) is 0 Å². The smallest absolute Gasteiger partial charge is 0.180 e. The number of hydrogen-bond acceptors (Lipinski definition) is 3. The molecule has 1 aliphatic carbocycles. The molecule has 1 aromatic carbocycles. The Kier molecular flexibility index (Phi) is 2.85.